The third-order valence-corrected chi connectivity index (χ3v) is 5.77. The maximum atomic E-state index is 14.6. The molecule has 11 heteroatoms. The van der Waals surface area contributed by atoms with Crippen molar-refractivity contribution in [2.45, 2.75) is 26.4 Å². The number of hydrogen-bond donors (Lipinski definition) is 1. The number of pyridine rings is 1. The first-order valence-electron chi connectivity index (χ1n) is 11.9. The van der Waals surface area contributed by atoms with E-state index in [9.17, 15) is 9.18 Å². The average Bonchev–Trinajstić information content (AvgIpc) is 2.89. The summed E-state index contributed by atoms with van der Waals surface area (Å²) >= 11 is 0. The maximum Gasteiger partial charge on any atom is 0.410 e. The Labute approximate surface area is 213 Å². The predicted molar refractivity (Wildman–Crippen MR) is 138 cm³/mol. The summed E-state index contributed by atoms with van der Waals surface area (Å²) in [6.45, 7) is 8.07. The topological polar surface area (TPSA) is 109 Å². The van der Waals surface area contributed by atoms with E-state index in [1.165, 1.54) is 0 Å². The van der Waals surface area contributed by atoms with Crippen LogP contribution in [0.25, 0.3) is 22.3 Å². The quantitative estimate of drug-likeness (QED) is 0.434. The van der Waals surface area contributed by atoms with Crippen LogP contribution in [0, 0.1) is 5.82 Å². The second kappa shape index (κ2) is 9.92. The zero-order chi connectivity index (χ0) is 26.0. The first-order chi connectivity index (χ1) is 17.7. The summed E-state index contributed by atoms with van der Waals surface area (Å²) in [4.78, 5) is 37.6. The third kappa shape index (κ3) is 5.71. The number of fused-ring (bicyclic) bond motifs is 1. The van der Waals surface area contributed by atoms with Gasteiger partial charge in [-0.1, -0.05) is 6.07 Å². The predicted octanol–water partition coefficient (Wildman–Crippen LogP) is 4.42. The second-order valence-electron chi connectivity index (χ2n) is 9.63. The lowest BCUT2D eigenvalue weighted by Crippen LogP contribution is -2.50. The van der Waals surface area contributed by atoms with E-state index in [2.05, 4.69) is 35.1 Å². The van der Waals surface area contributed by atoms with Gasteiger partial charge in [-0.25, -0.2) is 24.1 Å². The number of carbonyl (C=O) groups is 1. The van der Waals surface area contributed by atoms with Crippen LogP contribution in [-0.4, -0.2) is 67.7 Å². The summed E-state index contributed by atoms with van der Waals surface area (Å²) in [5, 5.41) is 3.04. The Bertz CT molecular complexity index is 1420. The maximum absolute atomic E-state index is 14.6. The summed E-state index contributed by atoms with van der Waals surface area (Å²) in [7, 11) is 0. The molecule has 0 atom stereocenters. The van der Waals surface area contributed by atoms with E-state index in [4.69, 9.17) is 4.74 Å². The molecular weight excluding hydrogens is 475 g/mol. The number of nitrogens with zero attached hydrogens (tertiary/aromatic N) is 7. The van der Waals surface area contributed by atoms with Crippen molar-refractivity contribution in [2.75, 3.05) is 36.4 Å². The Hall–Kier alpha value is -4.41. The minimum atomic E-state index is -0.539. The molecule has 1 saturated heterocycles. The Morgan fingerprint density at radius 1 is 0.946 bits per heavy atom. The normalized spacial score (nSPS) is 14.1. The number of nitrogens with one attached hydrogen (secondary N) is 1. The highest BCUT2D eigenvalue weighted by Crippen LogP contribution is 2.25. The molecule has 4 heterocycles. The lowest BCUT2D eigenvalue weighted by molar-refractivity contribution is 0.0240. The largest absolute Gasteiger partial charge is 0.444 e. The van der Waals surface area contributed by atoms with E-state index in [-0.39, 0.29) is 17.7 Å². The molecular formula is C26H27FN8O2. The minimum Gasteiger partial charge on any atom is -0.444 e. The van der Waals surface area contributed by atoms with Gasteiger partial charge in [-0.2, -0.15) is 0 Å². The zero-order valence-electron chi connectivity index (χ0n) is 20.8. The zero-order valence-corrected chi connectivity index (χ0v) is 20.8. The van der Waals surface area contributed by atoms with Gasteiger partial charge < -0.3 is 19.9 Å². The fraction of sp³-hybridized carbons (Fsp3) is 0.308. The fourth-order valence-electron chi connectivity index (χ4n) is 3.98. The molecule has 190 valence electrons. The molecule has 3 aromatic heterocycles. The fourth-order valence-corrected chi connectivity index (χ4v) is 3.98. The summed E-state index contributed by atoms with van der Waals surface area (Å²) in [5.41, 5.74) is 2.52. The van der Waals surface area contributed by atoms with Crippen LogP contribution in [0.15, 0.2) is 55.1 Å². The molecule has 1 aromatic carbocycles. The lowest BCUT2D eigenvalue weighted by Gasteiger charge is -2.36. The van der Waals surface area contributed by atoms with Gasteiger partial charge in [0, 0.05) is 44.1 Å². The van der Waals surface area contributed by atoms with E-state index in [1.807, 2.05) is 32.9 Å². The van der Waals surface area contributed by atoms with Crippen molar-refractivity contribution < 1.29 is 13.9 Å². The van der Waals surface area contributed by atoms with E-state index in [1.54, 1.807) is 41.7 Å². The van der Waals surface area contributed by atoms with Gasteiger partial charge in [0.2, 0.25) is 5.95 Å². The van der Waals surface area contributed by atoms with Crippen LogP contribution in [-0.2, 0) is 4.74 Å². The molecule has 0 spiro atoms. The summed E-state index contributed by atoms with van der Waals surface area (Å²) in [5.74, 6) is 0.211. The lowest BCUT2D eigenvalue weighted by atomic mass is 10.1. The van der Waals surface area contributed by atoms with Crippen molar-refractivity contribution in [1.29, 1.82) is 0 Å². The number of piperazine rings is 1. The molecule has 1 aliphatic rings. The number of rotatable bonds is 4. The van der Waals surface area contributed by atoms with E-state index in [0.717, 1.165) is 17.4 Å². The molecule has 1 amide bonds. The minimum absolute atomic E-state index is 0.157. The van der Waals surface area contributed by atoms with Gasteiger partial charge in [0.1, 0.15) is 17.1 Å². The van der Waals surface area contributed by atoms with Crippen LogP contribution in [0.2, 0.25) is 0 Å². The van der Waals surface area contributed by atoms with E-state index >= 15 is 0 Å². The molecule has 1 N–H and O–H groups in total. The third-order valence-electron chi connectivity index (χ3n) is 5.77. The molecule has 37 heavy (non-hydrogen) atoms. The summed E-state index contributed by atoms with van der Waals surface area (Å²) in [6, 6.07) is 9.02. The number of carbonyl (C=O) groups excluding carboxylic acids is 1. The molecule has 1 fully saturated rings. The summed E-state index contributed by atoms with van der Waals surface area (Å²) < 4.78 is 20.0. The number of halogens is 1. The van der Waals surface area contributed by atoms with Crippen molar-refractivity contribution in [3.05, 3.63) is 60.9 Å². The number of anilines is 3. The Morgan fingerprint density at radius 3 is 2.41 bits per heavy atom. The first kappa shape index (κ1) is 24.3. The second-order valence-corrected chi connectivity index (χ2v) is 9.63. The van der Waals surface area contributed by atoms with Gasteiger partial charge in [-0.05, 0) is 45.0 Å². The van der Waals surface area contributed by atoms with Crippen LogP contribution in [0.3, 0.4) is 0 Å². The molecule has 5 rings (SSSR count). The van der Waals surface area contributed by atoms with Gasteiger partial charge in [-0.3, -0.25) is 9.97 Å². The highest BCUT2D eigenvalue weighted by molar-refractivity contribution is 5.80. The number of amides is 1. The molecule has 0 bridgehead atoms. The molecule has 0 unspecified atom stereocenters. The number of ether oxygens (including phenoxy) is 1. The van der Waals surface area contributed by atoms with Crippen molar-refractivity contribution in [2.24, 2.45) is 0 Å². The van der Waals surface area contributed by atoms with Gasteiger partial charge >= 0.3 is 6.09 Å². The SMILES string of the molecule is CC(C)(C)OC(=O)N1CCN(c2ccc(Nc3ncc(F)c(-c4ccc5nccnc5c4)n3)nc2)CC1. The number of benzene rings is 1. The molecule has 0 saturated carbocycles. The van der Waals surface area contributed by atoms with Crippen LogP contribution in [0.4, 0.5) is 26.6 Å². The first-order valence-corrected chi connectivity index (χ1v) is 11.9. The van der Waals surface area contributed by atoms with E-state index < -0.39 is 11.4 Å². The Morgan fingerprint density at radius 2 is 1.70 bits per heavy atom. The van der Waals surface area contributed by atoms with Gasteiger partial charge in [0.15, 0.2) is 5.82 Å². The van der Waals surface area contributed by atoms with Crippen LogP contribution >= 0.6 is 0 Å². The number of hydrogen-bond acceptors (Lipinski definition) is 9. The standard InChI is InChI=1S/C26H27FN8O2/c1-26(2,3)37-25(36)35-12-10-34(11-13-35)18-5-7-22(30-15-18)32-24-31-16-19(27)23(33-24)17-4-6-20-21(14-17)29-9-8-28-20/h4-9,14-16H,10-13H2,1-3H3,(H,30,31,32,33). The highest BCUT2D eigenvalue weighted by Gasteiger charge is 2.26. The molecule has 10 nitrogen and oxygen atoms in total. The molecule has 0 radical (unpaired) electrons. The van der Waals surface area contributed by atoms with Gasteiger partial charge in [-0.15, -0.1) is 0 Å². The Balaban J connectivity index is 1.24. The average molecular weight is 503 g/mol. The molecule has 4 aromatic rings. The van der Waals surface area contributed by atoms with Crippen LogP contribution in [0.1, 0.15) is 20.8 Å². The number of aromatic nitrogens is 5. The van der Waals surface area contributed by atoms with Crippen molar-refractivity contribution in [1.82, 2.24) is 29.8 Å². The monoisotopic (exact) mass is 502 g/mol. The molecule has 0 aliphatic carbocycles. The van der Waals surface area contributed by atoms with Crippen LogP contribution in [0.5, 0.6) is 0 Å². The summed E-state index contributed by atoms with van der Waals surface area (Å²) in [6.07, 6.45) is 5.78. The Kier molecular flexibility index (Phi) is 6.51. The highest BCUT2D eigenvalue weighted by atomic mass is 19.1. The smallest absolute Gasteiger partial charge is 0.410 e. The van der Waals surface area contributed by atoms with Crippen LogP contribution < -0.4 is 10.2 Å². The van der Waals surface area contributed by atoms with Crippen molar-refractivity contribution >= 4 is 34.6 Å². The van der Waals surface area contributed by atoms with Gasteiger partial charge in [0.25, 0.3) is 0 Å². The molecule has 1 aliphatic heterocycles. The van der Waals surface area contributed by atoms with Crippen molar-refractivity contribution in [3.63, 3.8) is 0 Å². The van der Waals surface area contributed by atoms with Gasteiger partial charge in [0.05, 0.1) is 29.1 Å². The van der Waals surface area contributed by atoms with E-state index in [0.29, 0.717) is 43.1 Å². The van der Waals surface area contributed by atoms with Crippen molar-refractivity contribution in [3.8, 4) is 11.3 Å².